The fourth-order valence-corrected chi connectivity index (χ4v) is 1.50. The van der Waals surface area contributed by atoms with Gasteiger partial charge in [0.05, 0.1) is 6.54 Å². The summed E-state index contributed by atoms with van der Waals surface area (Å²) < 4.78 is 4.64. The van der Waals surface area contributed by atoms with E-state index in [1.165, 1.54) is 44.9 Å². The van der Waals surface area contributed by atoms with Crippen LogP contribution in [0.3, 0.4) is 0 Å². The largest absolute Gasteiger partial charge is 0.343 e. The van der Waals surface area contributed by atoms with E-state index in [-0.39, 0.29) is 0 Å². The van der Waals surface area contributed by atoms with Crippen molar-refractivity contribution in [2.24, 2.45) is 0 Å². The molecule has 1 heterocycles. The number of hydrogen-bond acceptors (Lipinski definition) is 4. The highest BCUT2D eigenvalue weighted by Crippen LogP contribution is 2.04. The standard InChI is InChI=1S/C11H21N3O/c1-2-3-4-5-6-7-8-12-9-11-13-10-15-14-11/h10,12H,2-9H2,1H3. The van der Waals surface area contributed by atoms with Gasteiger partial charge >= 0.3 is 0 Å². The van der Waals surface area contributed by atoms with E-state index in [2.05, 4.69) is 26.9 Å². The van der Waals surface area contributed by atoms with Crippen LogP contribution in [0.25, 0.3) is 0 Å². The molecule has 0 fully saturated rings. The predicted molar refractivity (Wildman–Crippen MR) is 59.4 cm³/mol. The normalized spacial score (nSPS) is 10.7. The van der Waals surface area contributed by atoms with Gasteiger partial charge in [-0.3, -0.25) is 0 Å². The Labute approximate surface area is 91.5 Å². The van der Waals surface area contributed by atoms with Gasteiger partial charge in [-0.15, -0.1) is 0 Å². The smallest absolute Gasteiger partial charge is 0.213 e. The minimum atomic E-state index is 0.714. The van der Waals surface area contributed by atoms with Crippen molar-refractivity contribution in [3.05, 3.63) is 12.2 Å². The van der Waals surface area contributed by atoms with E-state index in [4.69, 9.17) is 0 Å². The van der Waals surface area contributed by atoms with Crippen LogP contribution in [-0.4, -0.2) is 16.7 Å². The van der Waals surface area contributed by atoms with Crippen LogP contribution in [0, 0.1) is 0 Å². The van der Waals surface area contributed by atoms with Crippen LogP contribution in [0.2, 0.25) is 0 Å². The molecule has 0 unspecified atom stereocenters. The highest BCUT2D eigenvalue weighted by Gasteiger charge is 1.96. The minimum absolute atomic E-state index is 0.714. The maximum atomic E-state index is 4.64. The molecule has 0 bridgehead atoms. The van der Waals surface area contributed by atoms with Crippen LogP contribution >= 0.6 is 0 Å². The van der Waals surface area contributed by atoms with Crippen molar-refractivity contribution in [2.75, 3.05) is 6.54 Å². The Morgan fingerprint density at radius 1 is 1.20 bits per heavy atom. The highest BCUT2D eigenvalue weighted by atomic mass is 16.5. The van der Waals surface area contributed by atoms with E-state index in [0.717, 1.165) is 12.4 Å². The number of rotatable bonds is 9. The Morgan fingerprint density at radius 2 is 2.00 bits per heavy atom. The van der Waals surface area contributed by atoms with Gasteiger partial charge in [0.15, 0.2) is 5.82 Å². The fourth-order valence-electron chi connectivity index (χ4n) is 1.50. The number of aromatic nitrogens is 2. The van der Waals surface area contributed by atoms with E-state index in [0.29, 0.717) is 6.54 Å². The van der Waals surface area contributed by atoms with Gasteiger partial charge in [0, 0.05) is 0 Å². The first-order valence-electron chi connectivity index (χ1n) is 5.89. The van der Waals surface area contributed by atoms with Gasteiger partial charge in [-0.1, -0.05) is 44.2 Å². The predicted octanol–water partition coefficient (Wildman–Crippen LogP) is 2.52. The molecule has 15 heavy (non-hydrogen) atoms. The lowest BCUT2D eigenvalue weighted by Crippen LogP contribution is -2.15. The molecular weight excluding hydrogens is 190 g/mol. The summed E-state index contributed by atoms with van der Waals surface area (Å²) >= 11 is 0. The second kappa shape index (κ2) is 8.41. The molecular formula is C11H21N3O. The van der Waals surface area contributed by atoms with Crippen LogP contribution in [-0.2, 0) is 6.54 Å². The first-order chi connectivity index (χ1) is 7.43. The van der Waals surface area contributed by atoms with E-state index in [1.807, 2.05) is 0 Å². The zero-order chi connectivity index (χ0) is 10.8. The van der Waals surface area contributed by atoms with E-state index >= 15 is 0 Å². The van der Waals surface area contributed by atoms with Crippen molar-refractivity contribution in [1.82, 2.24) is 15.5 Å². The average Bonchev–Trinajstić information content (AvgIpc) is 2.75. The molecule has 0 saturated heterocycles. The lowest BCUT2D eigenvalue weighted by molar-refractivity contribution is 0.407. The Balaban J connectivity index is 1.81. The third-order valence-corrected chi connectivity index (χ3v) is 2.40. The third kappa shape index (κ3) is 6.23. The number of hydrogen-bond donors (Lipinski definition) is 1. The summed E-state index contributed by atoms with van der Waals surface area (Å²) in [5, 5.41) is 7.02. The van der Waals surface area contributed by atoms with Gasteiger partial charge in [-0.25, -0.2) is 0 Å². The summed E-state index contributed by atoms with van der Waals surface area (Å²) in [6.07, 6.45) is 9.34. The van der Waals surface area contributed by atoms with Crippen molar-refractivity contribution in [3.63, 3.8) is 0 Å². The average molecular weight is 211 g/mol. The van der Waals surface area contributed by atoms with Gasteiger partial charge in [0.1, 0.15) is 0 Å². The Bertz CT molecular complexity index is 224. The minimum Gasteiger partial charge on any atom is -0.343 e. The first kappa shape index (κ1) is 12.2. The zero-order valence-corrected chi connectivity index (χ0v) is 9.54. The lowest BCUT2D eigenvalue weighted by atomic mass is 10.1. The van der Waals surface area contributed by atoms with E-state index < -0.39 is 0 Å². The molecule has 0 aliphatic heterocycles. The molecule has 0 amide bonds. The topological polar surface area (TPSA) is 51.0 Å². The number of nitrogens with zero attached hydrogens (tertiary/aromatic N) is 2. The summed E-state index contributed by atoms with van der Waals surface area (Å²) in [6.45, 7) is 4.00. The van der Waals surface area contributed by atoms with Crippen LogP contribution in [0.5, 0.6) is 0 Å². The van der Waals surface area contributed by atoms with E-state index in [9.17, 15) is 0 Å². The van der Waals surface area contributed by atoms with Crippen LogP contribution < -0.4 is 5.32 Å². The molecule has 86 valence electrons. The molecule has 0 saturated carbocycles. The van der Waals surface area contributed by atoms with Gasteiger partial charge in [0.2, 0.25) is 6.39 Å². The molecule has 0 aliphatic carbocycles. The molecule has 1 aromatic heterocycles. The summed E-state index contributed by atoms with van der Waals surface area (Å²) in [5.74, 6) is 0.737. The van der Waals surface area contributed by atoms with Crippen LogP contribution in [0.15, 0.2) is 10.9 Å². The second-order valence-electron chi connectivity index (χ2n) is 3.79. The summed E-state index contributed by atoms with van der Waals surface area (Å²) in [4.78, 5) is 3.93. The van der Waals surface area contributed by atoms with Gasteiger partial charge in [-0.05, 0) is 13.0 Å². The van der Waals surface area contributed by atoms with Gasteiger partial charge in [0.25, 0.3) is 0 Å². The molecule has 1 aromatic rings. The Hall–Kier alpha value is -0.900. The zero-order valence-electron chi connectivity index (χ0n) is 9.54. The summed E-state index contributed by atoms with van der Waals surface area (Å²) in [7, 11) is 0. The molecule has 4 nitrogen and oxygen atoms in total. The molecule has 0 aromatic carbocycles. The van der Waals surface area contributed by atoms with Crippen LogP contribution in [0.4, 0.5) is 0 Å². The SMILES string of the molecule is CCCCCCCCNCc1ncon1. The summed E-state index contributed by atoms with van der Waals surface area (Å²) in [6, 6.07) is 0. The fraction of sp³-hybridized carbons (Fsp3) is 0.818. The quantitative estimate of drug-likeness (QED) is 0.638. The van der Waals surface area contributed by atoms with Crippen LogP contribution in [0.1, 0.15) is 51.3 Å². The monoisotopic (exact) mass is 211 g/mol. The molecule has 0 atom stereocenters. The van der Waals surface area contributed by atoms with E-state index in [1.54, 1.807) is 0 Å². The van der Waals surface area contributed by atoms with Crippen molar-refractivity contribution in [2.45, 2.75) is 52.0 Å². The van der Waals surface area contributed by atoms with Crippen molar-refractivity contribution >= 4 is 0 Å². The summed E-state index contributed by atoms with van der Waals surface area (Å²) in [5.41, 5.74) is 0. The second-order valence-corrected chi connectivity index (χ2v) is 3.79. The molecule has 1 N–H and O–H groups in total. The molecule has 1 rings (SSSR count). The van der Waals surface area contributed by atoms with Crippen molar-refractivity contribution in [1.29, 1.82) is 0 Å². The molecule has 0 spiro atoms. The van der Waals surface area contributed by atoms with Gasteiger partial charge < -0.3 is 9.84 Å². The Morgan fingerprint density at radius 3 is 2.73 bits per heavy atom. The maximum absolute atomic E-state index is 4.64. The Kier molecular flexibility index (Phi) is 6.83. The molecule has 0 aliphatic rings. The van der Waals surface area contributed by atoms with Crippen molar-refractivity contribution < 1.29 is 4.52 Å². The highest BCUT2D eigenvalue weighted by molar-refractivity contribution is 4.75. The number of unbranched alkanes of at least 4 members (excludes halogenated alkanes) is 5. The molecule has 4 heteroatoms. The molecule has 0 radical (unpaired) electrons. The first-order valence-corrected chi connectivity index (χ1v) is 5.89. The number of nitrogens with one attached hydrogen (secondary N) is 1. The maximum Gasteiger partial charge on any atom is 0.213 e. The third-order valence-electron chi connectivity index (χ3n) is 2.40. The van der Waals surface area contributed by atoms with Crippen molar-refractivity contribution in [3.8, 4) is 0 Å². The van der Waals surface area contributed by atoms with Gasteiger partial charge in [-0.2, -0.15) is 4.98 Å². The lowest BCUT2D eigenvalue weighted by Gasteiger charge is -2.01.